The molecule has 2 aromatic carbocycles. The SMILES string of the molecule is COc1ccc(NC(=O)CN(c2cccc(C)c2)S(C)(=O)=O)cc1Cl. The lowest BCUT2D eigenvalue weighted by atomic mass is 10.2. The van der Waals surface area contributed by atoms with E-state index in [9.17, 15) is 13.2 Å². The fraction of sp³-hybridized carbons (Fsp3) is 0.235. The van der Waals surface area contributed by atoms with Crippen LogP contribution in [0.3, 0.4) is 0 Å². The van der Waals surface area contributed by atoms with Crippen molar-refractivity contribution in [1.29, 1.82) is 0 Å². The highest BCUT2D eigenvalue weighted by Crippen LogP contribution is 2.27. The van der Waals surface area contributed by atoms with Gasteiger partial charge in [0, 0.05) is 5.69 Å². The number of hydrogen-bond donors (Lipinski definition) is 1. The number of carbonyl (C=O) groups excluding carboxylic acids is 1. The number of amides is 1. The van der Waals surface area contributed by atoms with Gasteiger partial charge >= 0.3 is 0 Å². The summed E-state index contributed by atoms with van der Waals surface area (Å²) in [5, 5.41) is 2.98. The van der Waals surface area contributed by atoms with Crippen LogP contribution in [0.15, 0.2) is 42.5 Å². The Bertz CT molecular complexity index is 884. The minimum atomic E-state index is -3.61. The Balaban J connectivity index is 2.19. The number of aryl methyl sites for hydroxylation is 1. The van der Waals surface area contributed by atoms with E-state index in [-0.39, 0.29) is 6.54 Å². The van der Waals surface area contributed by atoms with Crippen molar-refractivity contribution in [1.82, 2.24) is 0 Å². The fourth-order valence-corrected chi connectivity index (χ4v) is 3.36. The molecule has 0 bridgehead atoms. The van der Waals surface area contributed by atoms with Crippen molar-refractivity contribution in [2.45, 2.75) is 6.92 Å². The van der Waals surface area contributed by atoms with Gasteiger partial charge in [0.15, 0.2) is 0 Å². The van der Waals surface area contributed by atoms with Gasteiger partial charge in [-0.05, 0) is 42.8 Å². The Morgan fingerprint density at radius 2 is 1.96 bits per heavy atom. The van der Waals surface area contributed by atoms with E-state index in [4.69, 9.17) is 16.3 Å². The Morgan fingerprint density at radius 1 is 1.24 bits per heavy atom. The molecule has 0 aliphatic carbocycles. The van der Waals surface area contributed by atoms with Gasteiger partial charge in [-0.1, -0.05) is 23.7 Å². The summed E-state index contributed by atoms with van der Waals surface area (Å²) in [4.78, 5) is 12.3. The molecule has 2 rings (SSSR count). The molecule has 6 nitrogen and oxygen atoms in total. The Kier molecular flexibility index (Phi) is 5.92. The second-order valence-electron chi connectivity index (χ2n) is 5.51. The summed E-state index contributed by atoms with van der Waals surface area (Å²) in [6.07, 6.45) is 1.06. The van der Waals surface area contributed by atoms with Crippen molar-refractivity contribution >= 4 is 38.9 Å². The lowest BCUT2D eigenvalue weighted by Crippen LogP contribution is -2.37. The first-order chi connectivity index (χ1) is 11.7. The lowest BCUT2D eigenvalue weighted by molar-refractivity contribution is -0.114. The standard InChI is InChI=1S/C17H19ClN2O4S/c1-12-5-4-6-14(9-12)20(25(3,22)23)11-17(21)19-13-7-8-16(24-2)15(18)10-13/h4-10H,11H2,1-3H3,(H,19,21). The minimum absolute atomic E-state index is 0.341. The summed E-state index contributed by atoms with van der Waals surface area (Å²) in [6.45, 7) is 1.51. The zero-order chi connectivity index (χ0) is 18.6. The zero-order valence-corrected chi connectivity index (χ0v) is 15.7. The van der Waals surface area contributed by atoms with Crippen molar-refractivity contribution in [3.63, 3.8) is 0 Å². The highest BCUT2D eigenvalue weighted by atomic mass is 35.5. The maximum atomic E-state index is 12.3. The number of methoxy groups -OCH3 is 1. The number of hydrogen-bond acceptors (Lipinski definition) is 4. The topological polar surface area (TPSA) is 75.7 Å². The molecule has 0 atom stereocenters. The molecule has 0 aromatic heterocycles. The van der Waals surface area contributed by atoms with Gasteiger partial charge in [-0.2, -0.15) is 0 Å². The zero-order valence-electron chi connectivity index (χ0n) is 14.1. The summed E-state index contributed by atoms with van der Waals surface area (Å²) < 4.78 is 30.3. The molecular weight excluding hydrogens is 364 g/mol. The van der Waals surface area contributed by atoms with Crippen molar-refractivity contribution in [3.8, 4) is 5.75 Å². The predicted molar refractivity (Wildman–Crippen MR) is 100 cm³/mol. The molecule has 25 heavy (non-hydrogen) atoms. The molecule has 0 fully saturated rings. The fourth-order valence-electron chi connectivity index (χ4n) is 2.26. The quantitative estimate of drug-likeness (QED) is 0.833. The lowest BCUT2D eigenvalue weighted by Gasteiger charge is -2.22. The van der Waals surface area contributed by atoms with E-state index in [1.807, 2.05) is 13.0 Å². The molecule has 0 aliphatic heterocycles. The maximum Gasteiger partial charge on any atom is 0.245 e. The number of halogens is 1. The normalized spacial score (nSPS) is 11.0. The summed E-state index contributed by atoms with van der Waals surface area (Å²) in [7, 11) is -2.12. The molecule has 0 saturated heterocycles. The third kappa shape index (κ3) is 5.11. The summed E-state index contributed by atoms with van der Waals surface area (Å²) in [6, 6.07) is 11.7. The molecule has 0 spiro atoms. The Morgan fingerprint density at radius 3 is 2.52 bits per heavy atom. The highest BCUT2D eigenvalue weighted by Gasteiger charge is 2.21. The van der Waals surface area contributed by atoms with Crippen molar-refractivity contribution in [2.75, 3.05) is 29.5 Å². The molecule has 0 unspecified atom stereocenters. The highest BCUT2D eigenvalue weighted by molar-refractivity contribution is 7.92. The first-order valence-electron chi connectivity index (χ1n) is 7.38. The number of sulfonamides is 1. The van der Waals surface area contributed by atoms with Gasteiger partial charge in [0.05, 0.1) is 24.1 Å². The van der Waals surface area contributed by atoms with E-state index >= 15 is 0 Å². The molecule has 2 aromatic rings. The van der Waals surface area contributed by atoms with Crippen LogP contribution in [-0.2, 0) is 14.8 Å². The van der Waals surface area contributed by atoms with Crippen molar-refractivity contribution in [3.05, 3.63) is 53.1 Å². The number of nitrogens with zero attached hydrogens (tertiary/aromatic N) is 1. The third-order valence-corrected chi connectivity index (χ3v) is 4.85. The average Bonchev–Trinajstić information content (AvgIpc) is 2.51. The van der Waals surface area contributed by atoms with E-state index in [2.05, 4.69) is 5.32 Å². The van der Waals surface area contributed by atoms with Gasteiger partial charge in [-0.25, -0.2) is 8.42 Å². The van der Waals surface area contributed by atoms with Crippen LogP contribution in [0.5, 0.6) is 5.75 Å². The molecule has 8 heteroatoms. The van der Waals surface area contributed by atoms with Gasteiger partial charge < -0.3 is 10.1 Å². The average molecular weight is 383 g/mol. The van der Waals surface area contributed by atoms with Crippen LogP contribution in [0.4, 0.5) is 11.4 Å². The molecule has 0 heterocycles. The first-order valence-corrected chi connectivity index (χ1v) is 9.61. The van der Waals surface area contributed by atoms with Crippen LogP contribution >= 0.6 is 11.6 Å². The monoisotopic (exact) mass is 382 g/mol. The van der Waals surface area contributed by atoms with Crippen LogP contribution in [0.2, 0.25) is 5.02 Å². The van der Waals surface area contributed by atoms with E-state index in [0.717, 1.165) is 16.1 Å². The van der Waals surface area contributed by atoms with E-state index < -0.39 is 15.9 Å². The Hall–Kier alpha value is -2.25. The predicted octanol–water partition coefficient (Wildman–Crippen LogP) is 3.06. The van der Waals surface area contributed by atoms with Gasteiger partial charge in [0.1, 0.15) is 12.3 Å². The Labute approximate surface area is 152 Å². The van der Waals surface area contributed by atoms with Crippen molar-refractivity contribution < 1.29 is 17.9 Å². The van der Waals surface area contributed by atoms with Crippen molar-refractivity contribution in [2.24, 2.45) is 0 Å². The first kappa shape index (κ1) is 19.1. The van der Waals surface area contributed by atoms with Gasteiger partial charge in [-0.3, -0.25) is 9.10 Å². The molecule has 1 N–H and O–H groups in total. The van der Waals surface area contributed by atoms with E-state index in [1.54, 1.807) is 30.3 Å². The maximum absolute atomic E-state index is 12.3. The summed E-state index contributed by atoms with van der Waals surface area (Å²) in [5.74, 6) is 0.00496. The second-order valence-corrected chi connectivity index (χ2v) is 7.82. The molecule has 134 valence electrons. The van der Waals surface area contributed by atoms with Crippen LogP contribution in [0, 0.1) is 6.92 Å². The molecule has 0 saturated carbocycles. The van der Waals surface area contributed by atoms with Gasteiger partial charge in [0.25, 0.3) is 0 Å². The van der Waals surface area contributed by atoms with E-state index in [0.29, 0.717) is 22.1 Å². The second kappa shape index (κ2) is 7.76. The third-order valence-electron chi connectivity index (χ3n) is 3.41. The van der Waals surface area contributed by atoms with Gasteiger partial charge in [0.2, 0.25) is 15.9 Å². The number of rotatable bonds is 6. The molecule has 1 amide bonds. The molecular formula is C17H19ClN2O4S. The van der Waals surface area contributed by atoms with Crippen LogP contribution < -0.4 is 14.4 Å². The van der Waals surface area contributed by atoms with Crippen LogP contribution in [-0.4, -0.2) is 34.2 Å². The molecule has 0 radical (unpaired) electrons. The molecule has 0 aliphatic rings. The smallest absolute Gasteiger partial charge is 0.245 e. The summed E-state index contributed by atoms with van der Waals surface area (Å²) in [5.41, 5.74) is 1.78. The van der Waals surface area contributed by atoms with Gasteiger partial charge in [-0.15, -0.1) is 0 Å². The van der Waals surface area contributed by atoms with Crippen LogP contribution in [0.1, 0.15) is 5.56 Å². The van der Waals surface area contributed by atoms with Crippen LogP contribution in [0.25, 0.3) is 0 Å². The number of anilines is 2. The largest absolute Gasteiger partial charge is 0.495 e. The number of carbonyl (C=O) groups is 1. The summed E-state index contributed by atoms with van der Waals surface area (Å²) >= 11 is 6.02. The minimum Gasteiger partial charge on any atom is -0.495 e. The number of nitrogens with one attached hydrogen (secondary N) is 1. The number of ether oxygens (including phenoxy) is 1. The number of benzene rings is 2. The van der Waals surface area contributed by atoms with E-state index in [1.165, 1.54) is 13.2 Å².